The van der Waals surface area contributed by atoms with Crippen molar-refractivity contribution in [3.63, 3.8) is 0 Å². The average molecular weight is 465 g/mol. The molecule has 0 bridgehead atoms. The molecule has 0 saturated carbocycles. The van der Waals surface area contributed by atoms with Gasteiger partial charge in [0.1, 0.15) is 13.2 Å². The number of aromatic hydroxyl groups is 2. The predicted octanol–water partition coefficient (Wildman–Crippen LogP) is 4.11. The van der Waals surface area contributed by atoms with Crippen LogP contribution in [0.15, 0.2) is 70.6 Å². The Morgan fingerprint density at radius 2 is 1.03 bits per heavy atom. The summed E-state index contributed by atoms with van der Waals surface area (Å²) in [7, 11) is 3.00. The highest BCUT2D eigenvalue weighted by Gasteiger charge is 2.06. The number of benzene rings is 3. The fourth-order valence-corrected chi connectivity index (χ4v) is 3.05. The van der Waals surface area contributed by atoms with E-state index in [-0.39, 0.29) is 11.5 Å². The number of hydrogen-bond donors (Lipinski definition) is 2. The smallest absolute Gasteiger partial charge is 0.166 e. The molecule has 178 valence electrons. The summed E-state index contributed by atoms with van der Waals surface area (Å²) < 4.78 is 21.8. The molecule has 0 atom stereocenters. The van der Waals surface area contributed by atoms with Crippen LogP contribution in [0.2, 0.25) is 0 Å². The Morgan fingerprint density at radius 1 is 0.618 bits per heavy atom. The van der Waals surface area contributed by atoms with Gasteiger partial charge in [-0.05, 0) is 36.4 Å². The maximum absolute atomic E-state index is 10.1. The van der Waals surface area contributed by atoms with Gasteiger partial charge in [-0.1, -0.05) is 24.3 Å². The molecule has 0 amide bonds. The fourth-order valence-electron chi connectivity index (χ4n) is 3.05. The molecule has 0 heterocycles. The first-order valence-corrected chi connectivity index (χ1v) is 10.7. The normalized spacial score (nSPS) is 11.1. The summed E-state index contributed by atoms with van der Waals surface area (Å²) in [4.78, 5) is 8.60. The van der Waals surface area contributed by atoms with Crippen LogP contribution >= 0.6 is 0 Å². The number of phenolic OH excluding ortho intramolecular Hbond substituents is 2. The van der Waals surface area contributed by atoms with Crippen molar-refractivity contribution in [1.29, 1.82) is 0 Å². The lowest BCUT2D eigenvalue weighted by Crippen LogP contribution is -2.06. The summed E-state index contributed by atoms with van der Waals surface area (Å²) >= 11 is 0. The second-order valence-corrected chi connectivity index (χ2v) is 7.01. The van der Waals surface area contributed by atoms with Gasteiger partial charge in [-0.15, -0.1) is 0 Å². The van der Waals surface area contributed by atoms with Gasteiger partial charge in [0.25, 0.3) is 0 Å². The van der Waals surface area contributed by atoms with Crippen LogP contribution in [0.1, 0.15) is 11.1 Å². The molecule has 8 nitrogen and oxygen atoms in total. The highest BCUT2D eigenvalue weighted by molar-refractivity contribution is 5.85. The Hall–Kier alpha value is -4.20. The number of hydrogen-bond acceptors (Lipinski definition) is 8. The van der Waals surface area contributed by atoms with Gasteiger partial charge in [0.2, 0.25) is 0 Å². The van der Waals surface area contributed by atoms with Crippen molar-refractivity contribution in [3.05, 3.63) is 71.8 Å². The van der Waals surface area contributed by atoms with E-state index in [4.69, 9.17) is 18.9 Å². The molecule has 3 aromatic carbocycles. The van der Waals surface area contributed by atoms with Gasteiger partial charge in [0.15, 0.2) is 34.5 Å². The molecular weight excluding hydrogens is 436 g/mol. The molecule has 0 aromatic heterocycles. The summed E-state index contributed by atoms with van der Waals surface area (Å²) in [5.74, 6) is 2.12. The van der Waals surface area contributed by atoms with Gasteiger partial charge in [-0.2, -0.15) is 0 Å². The largest absolute Gasteiger partial charge is 0.504 e. The van der Waals surface area contributed by atoms with Crippen molar-refractivity contribution in [2.24, 2.45) is 9.98 Å². The van der Waals surface area contributed by atoms with Gasteiger partial charge in [-0.25, -0.2) is 0 Å². The Morgan fingerprint density at radius 3 is 1.44 bits per heavy atom. The number of para-hydroxylation sites is 4. The highest BCUT2D eigenvalue weighted by Crippen LogP contribution is 2.29. The molecule has 0 aliphatic carbocycles. The summed E-state index contributed by atoms with van der Waals surface area (Å²) in [6.07, 6.45) is 3.17. The van der Waals surface area contributed by atoms with Crippen molar-refractivity contribution in [3.8, 4) is 34.5 Å². The van der Waals surface area contributed by atoms with Crippen LogP contribution in [0, 0.1) is 0 Å². The molecule has 0 unspecified atom stereocenters. The van der Waals surface area contributed by atoms with Crippen LogP contribution in [0.4, 0.5) is 0 Å². The molecule has 0 aliphatic heterocycles. The second-order valence-electron chi connectivity index (χ2n) is 7.01. The minimum Gasteiger partial charge on any atom is -0.504 e. The first kappa shape index (κ1) is 24.4. The van der Waals surface area contributed by atoms with Crippen LogP contribution in [0.25, 0.3) is 0 Å². The third-order valence-corrected chi connectivity index (χ3v) is 4.77. The SMILES string of the molecule is COc1cccc(C=NCCOc2ccccc2OCCN=Cc2cccc(OC)c2O)c1O. The lowest BCUT2D eigenvalue weighted by atomic mass is 10.2. The van der Waals surface area contributed by atoms with E-state index < -0.39 is 0 Å². The molecule has 2 N–H and O–H groups in total. The topological polar surface area (TPSA) is 102 Å². The molecule has 0 spiro atoms. The maximum Gasteiger partial charge on any atom is 0.166 e. The van der Waals surface area contributed by atoms with Gasteiger partial charge < -0.3 is 29.2 Å². The Bertz CT molecular complexity index is 1040. The average Bonchev–Trinajstić information content (AvgIpc) is 2.86. The van der Waals surface area contributed by atoms with Crippen LogP contribution in [-0.2, 0) is 0 Å². The van der Waals surface area contributed by atoms with Crippen molar-refractivity contribution in [2.45, 2.75) is 0 Å². The zero-order valence-corrected chi connectivity index (χ0v) is 19.2. The molecular formula is C26H28N2O6. The Balaban J connectivity index is 1.47. The zero-order valence-electron chi connectivity index (χ0n) is 19.2. The number of methoxy groups -OCH3 is 2. The van der Waals surface area contributed by atoms with E-state index in [1.165, 1.54) is 14.2 Å². The van der Waals surface area contributed by atoms with E-state index >= 15 is 0 Å². The minimum atomic E-state index is 0.0534. The second kappa shape index (κ2) is 12.7. The molecule has 8 heteroatoms. The van der Waals surface area contributed by atoms with Crippen LogP contribution in [0.3, 0.4) is 0 Å². The van der Waals surface area contributed by atoms with E-state index in [0.29, 0.717) is 60.4 Å². The molecule has 0 radical (unpaired) electrons. The van der Waals surface area contributed by atoms with E-state index in [0.717, 1.165) is 0 Å². The maximum atomic E-state index is 10.1. The summed E-state index contributed by atoms with van der Waals surface area (Å²) in [6, 6.07) is 17.8. The van der Waals surface area contributed by atoms with E-state index in [2.05, 4.69) is 9.98 Å². The third kappa shape index (κ3) is 6.65. The monoisotopic (exact) mass is 464 g/mol. The van der Waals surface area contributed by atoms with Crippen molar-refractivity contribution < 1.29 is 29.2 Å². The van der Waals surface area contributed by atoms with Gasteiger partial charge in [0.05, 0.1) is 27.3 Å². The first-order chi connectivity index (χ1) is 16.6. The fraction of sp³-hybridized carbons (Fsp3) is 0.231. The summed E-state index contributed by atoms with van der Waals surface area (Å²) in [5, 5.41) is 20.2. The lowest BCUT2D eigenvalue weighted by Gasteiger charge is -2.11. The quantitative estimate of drug-likeness (QED) is 0.309. The molecule has 0 aliphatic rings. The van der Waals surface area contributed by atoms with Crippen molar-refractivity contribution in [1.82, 2.24) is 0 Å². The van der Waals surface area contributed by atoms with Crippen LogP contribution in [-0.4, -0.2) is 63.2 Å². The van der Waals surface area contributed by atoms with Gasteiger partial charge in [-0.3, -0.25) is 9.98 Å². The Labute approximate surface area is 198 Å². The minimum absolute atomic E-state index is 0.0534. The number of phenols is 2. The standard InChI is InChI=1S/C26H28N2O6/c1-31-23-11-5-7-19(25(23)29)17-27-13-15-33-21-9-3-4-10-22(21)34-16-14-28-18-20-8-6-12-24(32-2)26(20)30/h3-12,17-18,29-30H,13-16H2,1-2H3. The number of ether oxygens (including phenoxy) is 4. The first-order valence-electron chi connectivity index (χ1n) is 10.7. The number of rotatable bonds is 12. The molecule has 0 saturated heterocycles. The molecule has 34 heavy (non-hydrogen) atoms. The molecule has 3 rings (SSSR count). The van der Waals surface area contributed by atoms with Crippen LogP contribution < -0.4 is 18.9 Å². The predicted molar refractivity (Wildman–Crippen MR) is 132 cm³/mol. The number of nitrogens with zero attached hydrogens (tertiary/aromatic N) is 2. The molecule has 0 fully saturated rings. The van der Waals surface area contributed by atoms with E-state index in [1.807, 2.05) is 24.3 Å². The van der Waals surface area contributed by atoms with Crippen LogP contribution in [0.5, 0.6) is 34.5 Å². The van der Waals surface area contributed by atoms with Gasteiger partial charge in [0, 0.05) is 23.6 Å². The van der Waals surface area contributed by atoms with E-state index in [9.17, 15) is 10.2 Å². The highest BCUT2D eigenvalue weighted by atomic mass is 16.5. The van der Waals surface area contributed by atoms with E-state index in [1.54, 1.807) is 48.8 Å². The van der Waals surface area contributed by atoms with Crippen molar-refractivity contribution >= 4 is 12.4 Å². The lowest BCUT2D eigenvalue weighted by molar-refractivity contribution is 0.278. The summed E-state index contributed by atoms with van der Waals surface area (Å²) in [5.41, 5.74) is 1.15. The molecule has 3 aromatic rings. The number of aliphatic imine (C=N–C) groups is 2. The van der Waals surface area contributed by atoms with Gasteiger partial charge >= 0.3 is 0 Å². The van der Waals surface area contributed by atoms with Crippen molar-refractivity contribution in [2.75, 3.05) is 40.5 Å². The zero-order chi connectivity index (χ0) is 24.2. The third-order valence-electron chi connectivity index (χ3n) is 4.77. The summed E-state index contributed by atoms with van der Waals surface area (Å²) in [6.45, 7) is 1.49. The Kier molecular flexibility index (Phi) is 9.16.